The van der Waals surface area contributed by atoms with E-state index in [-0.39, 0.29) is 16.9 Å². The topological polar surface area (TPSA) is 56.5 Å². The predicted molar refractivity (Wildman–Crippen MR) is 140 cm³/mol. The summed E-state index contributed by atoms with van der Waals surface area (Å²) in [6.07, 6.45) is 2.57. The van der Waals surface area contributed by atoms with Gasteiger partial charge in [0.05, 0.1) is 27.3 Å². The van der Waals surface area contributed by atoms with E-state index in [1.54, 1.807) is 12.3 Å². The van der Waals surface area contributed by atoms with Gasteiger partial charge < -0.3 is 4.74 Å². The predicted octanol–water partition coefficient (Wildman–Crippen LogP) is 6.58. The van der Waals surface area contributed by atoms with Gasteiger partial charge in [-0.05, 0) is 76.4 Å². The van der Waals surface area contributed by atoms with Crippen molar-refractivity contribution in [3.05, 3.63) is 66.2 Å². The summed E-state index contributed by atoms with van der Waals surface area (Å²) < 4.78 is 9.21. The van der Waals surface area contributed by atoms with Gasteiger partial charge in [-0.3, -0.25) is 4.79 Å². The molecule has 0 bridgehead atoms. The Labute approximate surface area is 205 Å². The Balaban J connectivity index is 1.99. The first-order chi connectivity index (χ1) is 14.6. The van der Waals surface area contributed by atoms with Crippen LogP contribution in [0.1, 0.15) is 58.3 Å². The molecular weight excluding hydrogens is 569 g/mol. The van der Waals surface area contributed by atoms with Gasteiger partial charge in [-0.15, -0.1) is 0 Å². The lowest BCUT2D eigenvalue weighted by Gasteiger charge is -2.19. The first kappa shape index (κ1) is 23.9. The van der Waals surface area contributed by atoms with E-state index >= 15 is 0 Å². The van der Waals surface area contributed by atoms with E-state index in [9.17, 15) is 4.79 Å². The molecule has 0 aliphatic heterocycles. The molecule has 0 N–H and O–H groups in total. The number of hydrogen-bond donors (Lipinski definition) is 0. The maximum Gasteiger partial charge on any atom is 0.282 e. The zero-order valence-corrected chi connectivity index (χ0v) is 22.2. The zero-order valence-electron chi connectivity index (χ0n) is 18.4. The largest absolute Gasteiger partial charge is 0.492 e. The van der Waals surface area contributed by atoms with Crippen LogP contribution in [0, 0.1) is 8.99 Å². The number of benzene rings is 2. The fraction of sp³-hybridized carbons (Fsp3) is 0.375. The number of halogens is 2. The highest BCUT2D eigenvalue weighted by molar-refractivity contribution is 14.1. The van der Waals surface area contributed by atoms with Crippen molar-refractivity contribution in [2.45, 2.75) is 47.0 Å². The van der Waals surface area contributed by atoms with Gasteiger partial charge in [0.1, 0.15) is 11.6 Å². The summed E-state index contributed by atoms with van der Waals surface area (Å²) in [6, 6.07) is 11.4. The molecule has 0 radical (unpaired) electrons. The van der Waals surface area contributed by atoms with Crippen molar-refractivity contribution in [2.24, 2.45) is 10.5 Å². The highest BCUT2D eigenvalue weighted by atomic mass is 127. The Kier molecular flexibility index (Phi) is 7.57. The molecule has 3 rings (SSSR count). The number of ether oxygens (including phenoxy) is 1. The van der Waals surface area contributed by atoms with Crippen molar-refractivity contribution in [2.75, 3.05) is 6.61 Å². The van der Waals surface area contributed by atoms with Crippen LogP contribution in [-0.2, 0) is 0 Å². The molecule has 1 aromatic heterocycles. The summed E-state index contributed by atoms with van der Waals surface area (Å²) in [6.45, 7) is 11.2. The highest BCUT2D eigenvalue weighted by Gasteiger charge is 2.16. The molecule has 164 valence electrons. The molecule has 0 saturated heterocycles. The molecule has 0 unspecified atom stereocenters. The minimum Gasteiger partial charge on any atom is -0.492 e. The highest BCUT2D eigenvalue weighted by Crippen LogP contribution is 2.25. The maximum absolute atomic E-state index is 13.2. The first-order valence-corrected chi connectivity index (χ1v) is 12.1. The minimum absolute atomic E-state index is 0.0921. The van der Waals surface area contributed by atoms with Gasteiger partial charge in [0.15, 0.2) is 0 Å². The molecule has 1 atom stereocenters. The normalized spacial score (nSPS) is 13.1. The van der Waals surface area contributed by atoms with E-state index in [1.165, 1.54) is 4.68 Å². The average Bonchev–Trinajstić information content (AvgIpc) is 2.71. The molecule has 0 fully saturated rings. The third-order valence-electron chi connectivity index (χ3n) is 4.83. The molecule has 31 heavy (non-hydrogen) atoms. The van der Waals surface area contributed by atoms with Gasteiger partial charge >= 0.3 is 0 Å². The number of rotatable bonds is 6. The van der Waals surface area contributed by atoms with Gasteiger partial charge in [-0.25, -0.2) is 4.98 Å². The van der Waals surface area contributed by atoms with Crippen molar-refractivity contribution < 1.29 is 4.74 Å². The molecule has 0 spiro atoms. The molecule has 0 saturated carbocycles. The lowest BCUT2D eigenvalue weighted by molar-refractivity contribution is 0.196. The Morgan fingerprint density at radius 1 is 1.26 bits per heavy atom. The molecule has 0 aliphatic rings. The monoisotopic (exact) mass is 595 g/mol. The summed E-state index contributed by atoms with van der Waals surface area (Å²) in [4.78, 5) is 18.0. The van der Waals surface area contributed by atoms with E-state index in [0.717, 1.165) is 25.8 Å². The molecule has 0 aliphatic carbocycles. The second-order valence-electron chi connectivity index (χ2n) is 8.84. The van der Waals surface area contributed by atoms with Crippen LogP contribution >= 0.6 is 38.5 Å². The minimum atomic E-state index is -0.169. The fourth-order valence-electron chi connectivity index (χ4n) is 2.91. The summed E-state index contributed by atoms with van der Waals surface area (Å²) in [5.74, 6) is 1.62. The molecule has 0 amide bonds. The van der Waals surface area contributed by atoms with E-state index in [0.29, 0.717) is 23.3 Å². The number of aromatic nitrogens is 2. The smallest absolute Gasteiger partial charge is 0.282 e. The van der Waals surface area contributed by atoms with Crippen molar-refractivity contribution in [1.82, 2.24) is 9.66 Å². The van der Waals surface area contributed by atoms with Gasteiger partial charge in [-0.2, -0.15) is 9.78 Å². The molecule has 5 nitrogen and oxygen atoms in total. The summed E-state index contributed by atoms with van der Waals surface area (Å²) >= 11 is 5.70. The van der Waals surface area contributed by atoms with Crippen molar-refractivity contribution >= 4 is 55.6 Å². The van der Waals surface area contributed by atoms with E-state index in [4.69, 9.17) is 9.72 Å². The third kappa shape index (κ3) is 5.94. The summed E-state index contributed by atoms with van der Waals surface area (Å²) in [5.41, 5.74) is 1.50. The van der Waals surface area contributed by atoms with Crippen molar-refractivity contribution in [1.29, 1.82) is 0 Å². The number of nitrogens with zero attached hydrogens (tertiary/aromatic N) is 3. The summed E-state index contributed by atoms with van der Waals surface area (Å²) in [5, 5.41) is 5.08. The van der Waals surface area contributed by atoms with E-state index < -0.39 is 0 Å². The van der Waals surface area contributed by atoms with Crippen LogP contribution in [0.2, 0.25) is 0 Å². The van der Waals surface area contributed by atoms with Crippen LogP contribution in [0.5, 0.6) is 5.75 Å². The Morgan fingerprint density at radius 2 is 2.00 bits per heavy atom. The van der Waals surface area contributed by atoms with Crippen LogP contribution in [-0.4, -0.2) is 22.5 Å². The third-order valence-corrected chi connectivity index (χ3v) is 6.16. The van der Waals surface area contributed by atoms with Crippen LogP contribution in [0.3, 0.4) is 0 Å². The lowest BCUT2D eigenvalue weighted by Crippen LogP contribution is -2.23. The van der Waals surface area contributed by atoms with Crippen molar-refractivity contribution in [3.63, 3.8) is 0 Å². The average molecular weight is 596 g/mol. The van der Waals surface area contributed by atoms with Gasteiger partial charge in [-0.1, -0.05) is 50.5 Å². The second kappa shape index (κ2) is 9.81. The first-order valence-electron chi connectivity index (χ1n) is 10.3. The Morgan fingerprint density at radius 3 is 2.65 bits per heavy atom. The van der Waals surface area contributed by atoms with Crippen molar-refractivity contribution in [3.8, 4) is 5.75 Å². The fourth-order valence-corrected chi connectivity index (χ4v) is 3.97. The lowest BCUT2D eigenvalue weighted by atomic mass is 9.99. The zero-order chi connectivity index (χ0) is 22.8. The SMILES string of the molecule is CC[C@@H](C)c1nc2ccc(Br)cc2c(=O)n1N=Cc1ccc(OCC(C)(C)C)c(I)c1. The van der Waals surface area contributed by atoms with Gasteiger partial charge in [0, 0.05) is 10.4 Å². The van der Waals surface area contributed by atoms with Crippen LogP contribution in [0.15, 0.2) is 50.8 Å². The Hall–Kier alpha value is -1.74. The van der Waals surface area contributed by atoms with Gasteiger partial charge in [0.2, 0.25) is 0 Å². The molecule has 7 heteroatoms. The van der Waals surface area contributed by atoms with Crippen LogP contribution in [0.25, 0.3) is 10.9 Å². The van der Waals surface area contributed by atoms with E-state index in [1.807, 2.05) is 30.3 Å². The summed E-state index contributed by atoms with van der Waals surface area (Å²) in [7, 11) is 0. The molecule has 3 aromatic rings. The quantitative estimate of drug-likeness (QED) is 0.239. The van der Waals surface area contributed by atoms with Crippen LogP contribution < -0.4 is 10.3 Å². The van der Waals surface area contributed by atoms with Crippen LogP contribution in [0.4, 0.5) is 0 Å². The number of hydrogen-bond acceptors (Lipinski definition) is 4. The maximum atomic E-state index is 13.2. The van der Waals surface area contributed by atoms with Gasteiger partial charge in [0.25, 0.3) is 5.56 Å². The number of fused-ring (bicyclic) bond motifs is 1. The molecular formula is C24H27BrIN3O2. The second-order valence-corrected chi connectivity index (χ2v) is 10.9. The van der Waals surface area contributed by atoms with E-state index in [2.05, 4.69) is 78.2 Å². The standard InChI is InChI=1S/C24H27BrIN3O2/c1-6-15(2)22-28-20-9-8-17(25)12-18(20)23(30)29(22)27-13-16-7-10-21(19(26)11-16)31-14-24(3,4)5/h7-13,15H,6,14H2,1-5H3/t15-/m1/s1. The molecule has 2 aromatic carbocycles. The molecule has 1 heterocycles. The Bertz CT molecular complexity index is 1180.